The van der Waals surface area contributed by atoms with Gasteiger partial charge in [-0.2, -0.15) is 0 Å². The molecule has 2 N–H and O–H groups in total. The Morgan fingerprint density at radius 2 is 2.30 bits per heavy atom. The highest BCUT2D eigenvalue weighted by Crippen LogP contribution is 2.21. The molecule has 0 amide bonds. The first-order valence-corrected chi connectivity index (χ1v) is 3.07. The van der Waals surface area contributed by atoms with E-state index < -0.39 is 0 Å². The molecule has 54 valence electrons. The van der Waals surface area contributed by atoms with Crippen molar-refractivity contribution in [2.75, 3.05) is 0 Å². The fourth-order valence-electron chi connectivity index (χ4n) is 0.592. The molecule has 0 saturated carbocycles. The number of aromatic hydroxyl groups is 1. The van der Waals surface area contributed by atoms with E-state index in [1.54, 1.807) is 0 Å². The second-order valence-electron chi connectivity index (χ2n) is 1.94. The van der Waals surface area contributed by atoms with Crippen molar-refractivity contribution >= 4 is 11.6 Å². The van der Waals surface area contributed by atoms with Gasteiger partial charge in [-0.15, -0.1) is 0 Å². The molecule has 10 heavy (non-hydrogen) atoms. The van der Waals surface area contributed by atoms with E-state index in [9.17, 15) is 4.79 Å². The number of hydrogen-bond donors (Lipinski definition) is 2. The zero-order chi connectivity index (χ0) is 7.72. The van der Waals surface area contributed by atoms with E-state index in [0.29, 0.717) is 0 Å². The number of H-pyrrole nitrogens is 1. The third-order valence-electron chi connectivity index (χ3n) is 1.25. The van der Waals surface area contributed by atoms with Gasteiger partial charge in [0, 0.05) is 6.20 Å². The van der Waals surface area contributed by atoms with E-state index in [2.05, 4.69) is 4.98 Å². The number of hydrogen-bond acceptors (Lipinski definition) is 2. The number of halogens is 1. The van der Waals surface area contributed by atoms with Gasteiger partial charge in [0.2, 0.25) is 0 Å². The summed E-state index contributed by atoms with van der Waals surface area (Å²) in [5.74, 6) is -0.148. The lowest BCUT2D eigenvalue weighted by Crippen LogP contribution is -2.07. The summed E-state index contributed by atoms with van der Waals surface area (Å²) in [7, 11) is 0. The van der Waals surface area contributed by atoms with Gasteiger partial charge in [-0.3, -0.25) is 4.79 Å². The van der Waals surface area contributed by atoms with Crippen LogP contribution >= 0.6 is 11.6 Å². The molecule has 1 rings (SSSR count). The van der Waals surface area contributed by atoms with Crippen molar-refractivity contribution in [1.82, 2.24) is 4.98 Å². The Bertz CT molecular complexity index is 305. The maximum Gasteiger partial charge on any atom is 0.254 e. The van der Waals surface area contributed by atoms with E-state index in [4.69, 9.17) is 16.7 Å². The fourth-order valence-corrected chi connectivity index (χ4v) is 0.788. The van der Waals surface area contributed by atoms with E-state index in [-0.39, 0.29) is 21.9 Å². The molecule has 3 nitrogen and oxygen atoms in total. The average molecular weight is 160 g/mol. The predicted octanol–water partition coefficient (Wildman–Crippen LogP) is 1.04. The highest BCUT2D eigenvalue weighted by Gasteiger charge is 2.03. The Balaban J connectivity index is 3.49. The largest absolute Gasteiger partial charge is 0.506 e. The third-order valence-corrected chi connectivity index (χ3v) is 1.54. The summed E-state index contributed by atoms with van der Waals surface area (Å²) in [4.78, 5) is 13.1. The van der Waals surface area contributed by atoms with Crippen molar-refractivity contribution in [3.63, 3.8) is 0 Å². The summed E-state index contributed by atoms with van der Waals surface area (Å²) in [6, 6.07) is 0. The van der Waals surface area contributed by atoms with Crippen molar-refractivity contribution in [2.45, 2.75) is 6.92 Å². The predicted molar refractivity (Wildman–Crippen MR) is 38.5 cm³/mol. The van der Waals surface area contributed by atoms with Crippen molar-refractivity contribution < 1.29 is 5.11 Å². The Hall–Kier alpha value is -0.960. The molecule has 0 atom stereocenters. The molecule has 1 aromatic rings. The number of rotatable bonds is 0. The minimum Gasteiger partial charge on any atom is -0.506 e. The normalized spacial score (nSPS) is 9.80. The molecule has 0 aliphatic rings. The Kier molecular flexibility index (Phi) is 1.68. The molecule has 0 aliphatic heterocycles. The van der Waals surface area contributed by atoms with Gasteiger partial charge in [-0.05, 0) is 6.92 Å². The number of nitrogens with one attached hydrogen (secondary N) is 1. The molecule has 0 aliphatic carbocycles. The Morgan fingerprint density at radius 1 is 1.70 bits per heavy atom. The molecule has 0 bridgehead atoms. The highest BCUT2D eigenvalue weighted by molar-refractivity contribution is 6.31. The lowest BCUT2D eigenvalue weighted by molar-refractivity contribution is 0.469. The molecular weight excluding hydrogens is 154 g/mol. The highest BCUT2D eigenvalue weighted by atomic mass is 35.5. The fraction of sp³-hybridized carbons (Fsp3) is 0.167. The van der Waals surface area contributed by atoms with E-state index in [1.165, 1.54) is 13.1 Å². The minimum absolute atomic E-state index is 0.148. The van der Waals surface area contributed by atoms with Crippen LogP contribution in [0.15, 0.2) is 11.0 Å². The maximum atomic E-state index is 10.7. The minimum atomic E-state index is -0.318. The SMILES string of the molecule is Cc1c(O)c(Cl)c[nH]c1=O. The van der Waals surface area contributed by atoms with Crippen LogP contribution in [-0.2, 0) is 0 Å². The standard InChI is InChI=1S/C6H6ClNO2/c1-3-5(9)4(7)2-8-6(3)10/h2H,1H3,(H2,8,9,10). The lowest BCUT2D eigenvalue weighted by atomic mass is 10.3. The van der Waals surface area contributed by atoms with Crippen LogP contribution in [0.3, 0.4) is 0 Å². The van der Waals surface area contributed by atoms with E-state index in [1.807, 2.05) is 0 Å². The van der Waals surface area contributed by atoms with Crippen molar-refractivity contribution in [1.29, 1.82) is 0 Å². The first-order chi connectivity index (χ1) is 4.63. The van der Waals surface area contributed by atoms with Crippen LogP contribution in [-0.4, -0.2) is 10.1 Å². The van der Waals surface area contributed by atoms with Gasteiger partial charge >= 0.3 is 0 Å². The monoisotopic (exact) mass is 159 g/mol. The van der Waals surface area contributed by atoms with Crippen LogP contribution in [0.1, 0.15) is 5.56 Å². The molecule has 0 saturated heterocycles. The van der Waals surface area contributed by atoms with E-state index >= 15 is 0 Å². The molecule has 0 radical (unpaired) electrons. The smallest absolute Gasteiger partial charge is 0.254 e. The zero-order valence-corrected chi connectivity index (χ0v) is 6.07. The zero-order valence-electron chi connectivity index (χ0n) is 5.31. The Morgan fingerprint density at radius 3 is 2.80 bits per heavy atom. The Labute approximate surface area is 62.3 Å². The van der Waals surface area contributed by atoms with Gasteiger partial charge in [-0.25, -0.2) is 0 Å². The molecule has 0 aromatic carbocycles. The topological polar surface area (TPSA) is 53.1 Å². The lowest BCUT2D eigenvalue weighted by Gasteiger charge is -1.96. The second kappa shape index (κ2) is 2.34. The van der Waals surface area contributed by atoms with E-state index in [0.717, 1.165) is 0 Å². The first kappa shape index (κ1) is 7.15. The van der Waals surface area contributed by atoms with Crippen molar-refractivity contribution in [2.24, 2.45) is 0 Å². The number of aromatic amines is 1. The molecule has 0 spiro atoms. The summed E-state index contributed by atoms with van der Waals surface area (Å²) in [6.07, 6.45) is 1.26. The molecule has 0 unspecified atom stereocenters. The third kappa shape index (κ3) is 0.998. The molecule has 1 heterocycles. The average Bonchev–Trinajstić information content (AvgIpc) is 1.93. The summed E-state index contributed by atoms with van der Waals surface area (Å²) in [5.41, 5.74) is -0.0746. The summed E-state index contributed by atoms with van der Waals surface area (Å²) in [5, 5.41) is 9.20. The van der Waals surface area contributed by atoms with Crippen molar-refractivity contribution in [3.05, 3.63) is 27.1 Å². The van der Waals surface area contributed by atoms with Crippen LogP contribution in [0.4, 0.5) is 0 Å². The van der Waals surface area contributed by atoms with Gasteiger partial charge in [0.05, 0.1) is 10.6 Å². The summed E-state index contributed by atoms with van der Waals surface area (Å²) in [6.45, 7) is 1.50. The van der Waals surface area contributed by atoms with Crippen LogP contribution in [0.2, 0.25) is 5.02 Å². The maximum absolute atomic E-state index is 10.7. The molecular formula is C6H6ClNO2. The van der Waals surface area contributed by atoms with Gasteiger partial charge in [0.15, 0.2) is 0 Å². The number of pyridine rings is 1. The molecule has 1 aromatic heterocycles. The van der Waals surface area contributed by atoms with Crippen LogP contribution in [0.25, 0.3) is 0 Å². The van der Waals surface area contributed by atoms with Gasteiger partial charge in [-0.1, -0.05) is 11.6 Å². The molecule has 4 heteroatoms. The van der Waals surface area contributed by atoms with Gasteiger partial charge in [0.1, 0.15) is 5.75 Å². The van der Waals surface area contributed by atoms with Crippen LogP contribution in [0, 0.1) is 6.92 Å². The van der Waals surface area contributed by atoms with Gasteiger partial charge < -0.3 is 10.1 Å². The van der Waals surface area contributed by atoms with Crippen LogP contribution in [0.5, 0.6) is 5.75 Å². The summed E-state index contributed by atoms with van der Waals surface area (Å²) >= 11 is 5.47. The summed E-state index contributed by atoms with van der Waals surface area (Å²) < 4.78 is 0. The van der Waals surface area contributed by atoms with Gasteiger partial charge in [0.25, 0.3) is 5.56 Å². The quantitative estimate of drug-likeness (QED) is 0.595. The molecule has 0 fully saturated rings. The number of aromatic nitrogens is 1. The van der Waals surface area contributed by atoms with Crippen molar-refractivity contribution in [3.8, 4) is 5.75 Å². The first-order valence-electron chi connectivity index (χ1n) is 2.69. The van der Waals surface area contributed by atoms with Crippen LogP contribution < -0.4 is 5.56 Å². The second-order valence-corrected chi connectivity index (χ2v) is 2.35.